The number of rotatable bonds is 5. The summed E-state index contributed by atoms with van der Waals surface area (Å²) in [5.41, 5.74) is 2.89. The van der Waals surface area contributed by atoms with Crippen LogP contribution in [0.25, 0.3) is 11.4 Å². The fraction of sp³-hybridized carbons (Fsp3) is 0.0500. The molecule has 0 spiro atoms. The number of hydrogen-bond donors (Lipinski definition) is 1. The van der Waals surface area contributed by atoms with E-state index in [9.17, 15) is 4.79 Å². The van der Waals surface area contributed by atoms with Gasteiger partial charge in [-0.15, -0.1) is 0 Å². The summed E-state index contributed by atoms with van der Waals surface area (Å²) >= 11 is 0. The van der Waals surface area contributed by atoms with Gasteiger partial charge in [0.2, 0.25) is 11.7 Å². The summed E-state index contributed by atoms with van der Waals surface area (Å²) in [6.45, 7) is 0. The highest BCUT2D eigenvalue weighted by atomic mass is 16.5. The molecule has 1 N–H and O–H groups in total. The molecular weight excluding hydrogens is 342 g/mol. The molecule has 1 aromatic carbocycles. The van der Waals surface area contributed by atoms with Crippen molar-refractivity contribution < 1.29 is 9.32 Å². The van der Waals surface area contributed by atoms with Gasteiger partial charge in [0.1, 0.15) is 0 Å². The second-order valence-corrected chi connectivity index (χ2v) is 5.78. The van der Waals surface area contributed by atoms with Gasteiger partial charge in [0.05, 0.1) is 12.0 Å². The third kappa shape index (κ3) is 3.87. The molecule has 0 bridgehead atoms. The minimum absolute atomic E-state index is 0.224. The molecule has 0 fully saturated rings. The monoisotopic (exact) mass is 357 g/mol. The van der Waals surface area contributed by atoms with Crippen LogP contribution in [0, 0.1) is 0 Å². The summed E-state index contributed by atoms with van der Waals surface area (Å²) in [6, 6.07) is 14.6. The lowest BCUT2D eigenvalue weighted by atomic mass is 10.1. The molecule has 132 valence electrons. The third-order valence-electron chi connectivity index (χ3n) is 3.94. The van der Waals surface area contributed by atoms with Crippen LogP contribution in [0.1, 0.15) is 21.8 Å². The van der Waals surface area contributed by atoms with Crippen LogP contribution in [0.3, 0.4) is 0 Å². The number of para-hydroxylation sites is 1. The second kappa shape index (κ2) is 7.57. The number of anilines is 1. The van der Waals surface area contributed by atoms with Crippen molar-refractivity contribution in [3.05, 3.63) is 90.3 Å². The van der Waals surface area contributed by atoms with Crippen LogP contribution in [0.2, 0.25) is 0 Å². The van der Waals surface area contributed by atoms with Gasteiger partial charge in [0, 0.05) is 36.0 Å². The number of aromatic nitrogens is 4. The maximum Gasteiger partial charge on any atom is 0.257 e. The average Bonchev–Trinajstić information content (AvgIpc) is 3.19. The lowest BCUT2D eigenvalue weighted by molar-refractivity contribution is 0.102. The van der Waals surface area contributed by atoms with Crippen molar-refractivity contribution in [3.8, 4) is 11.4 Å². The lowest BCUT2D eigenvalue weighted by Crippen LogP contribution is -2.13. The number of carbonyl (C=O) groups excluding carboxylic acids is 1. The Morgan fingerprint density at radius 1 is 0.963 bits per heavy atom. The zero-order valence-electron chi connectivity index (χ0n) is 14.2. The van der Waals surface area contributed by atoms with Crippen LogP contribution in [0.4, 0.5) is 5.69 Å². The highest BCUT2D eigenvalue weighted by molar-refractivity contribution is 6.04. The first-order chi connectivity index (χ1) is 13.3. The van der Waals surface area contributed by atoms with Crippen LogP contribution < -0.4 is 5.32 Å². The first-order valence-electron chi connectivity index (χ1n) is 8.32. The number of pyridine rings is 2. The first kappa shape index (κ1) is 16.6. The van der Waals surface area contributed by atoms with Gasteiger partial charge in [-0.25, -0.2) is 0 Å². The van der Waals surface area contributed by atoms with E-state index in [-0.39, 0.29) is 5.91 Å². The Morgan fingerprint density at radius 2 is 1.81 bits per heavy atom. The molecule has 0 aliphatic carbocycles. The molecule has 1 amide bonds. The van der Waals surface area contributed by atoms with E-state index in [2.05, 4.69) is 25.4 Å². The molecule has 0 radical (unpaired) electrons. The average molecular weight is 357 g/mol. The SMILES string of the molecule is O=C(Nc1ccccc1Cc1nc(-c2ccncc2)no1)c1cccnc1. The Balaban J connectivity index is 1.54. The summed E-state index contributed by atoms with van der Waals surface area (Å²) in [6.07, 6.45) is 6.91. The number of hydrogen-bond acceptors (Lipinski definition) is 6. The number of nitrogens with one attached hydrogen (secondary N) is 1. The van der Waals surface area contributed by atoms with Gasteiger partial charge in [-0.1, -0.05) is 23.4 Å². The first-order valence-corrected chi connectivity index (χ1v) is 8.32. The van der Waals surface area contributed by atoms with Crippen LogP contribution in [-0.2, 0) is 6.42 Å². The Labute approximate surface area is 155 Å². The van der Waals surface area contributed by atoms with Crippen molar-refractivity contribution in [2.45, 2.75) is 6.42 Å². The summed E-state index contributed by atoms with van der Waals surface area (Å²) in [5.74, 6) is 0.743. The van der Waals surface area contributed by atoms with Crippen molar-refractivity contribution >= 4 is 11.6 Å². The molecule has 4 rings (SSSR count). The smallest absolute Gasteiger partial charge is 0.257 e. The van der Waals surface area contributed by atoms with Gasteiger partial charge in [-0.2, -0.15) is 4.98 Å². The standard InChI is InChI=1S/C20H15N5O2/c26-20(16-5-3-9-22-13-16)23-17-6-2-1-4-15(17)12-18-24-19(25-27-18)14-7-10-21-11-8-14/h1-11,13H,12H2,(H,23,26). The highest BCUT2D eigenvalue weighted by Gasteiger charge is 2.13. The Hall–Kier alpha value is -3.87. The Morgan fingerprint density at radius 3 is 2.63 bits per heavy atom. The predicted octanol–water partition coefficient (Wildman–Crippen LogP) is 3.37. The number of amides is 1. The van der Waals surface area contributed by atoms with E-state index in [1.807, 2.05) is 36.4 Å². The number of benzene rings is 1. The number of carbonyl (C=O) groups is 1. The van der Waals surface area contributed by atoms with E-state index < -0.39 is 0 Å². The Kier molecular flexibility index (Phi) is 4.65. The minimum Gasteiger partial charge on any atom is -0.339 e. The van der Waals surface area contributed by atoms with Gasteiger partial charge in [-0.05, 0) is 35.9 Å². The molecule has 0 saturated heterocycles. The van der Waals surface area contributed by atoms with Gasteiger partial charge < -0.3 is 9.84 Å². The predicted molar refractivity (Wildman–Crippen MR) is 99.0 cm³/mol. The number of nitrogens with zero attached hydrogens (tertiary/aromatic N) is 4. The van der Waals surface area contributed by atoms with Gasteiger partial charge in [0.15, 0.2) is 0 Å². The van der Waals surface area contributed by atoms with Gasteiger partial charge >= 0.3 is 0 Å². The van der Waals surface area contributed by atoms with Crippen molar-refractivity contribution in [3.63, 3.8) is 0 Å². The van der Waals surface area contributed by atoms with Crippen LogP contribution in [0.5, 0.6) is 0 Å². The summed E-state index contributed by atoms with van der Waals surface area (Å²) in [4.78, 5) is 24.8. The fourth-order valence-corrected chi connectivity index (χ4v) is 2.60. The molecule has 7 nitrogen and oxygen atoms in total. The fourth-order valence-electron chi connectivity index (χ4n) is 2.60. The maximum atomic E-state index is 12.4. The molecule has 4 aromatic rings. The molecule has 0 saturated carbocycles. The van der Waals surface area contributed by atoms with Gasteiger partial charge in [-0.3, -0.25) is 14.8 Å². The van der Waals surface area contributed by atoms with E-state index >= 15 is 0 Å². The molecule has 27 heavy (non-hydrogen) atoms. The largest absolute Gasteiger partial charge is 0.339 e. The van der Waals surface area contributed by atoms with Crippen LogP contribution in [-0.4, -0.2) is 26.0 Å². The molecule has 0 atom stereocenters. The second-order valence-electron chi connectivity index (χ2n) is 5.78. The van der Waals surface area contributed by atoms with Gasteiger partial charge in [0.25, 0.3) is 5.91 Å². The van der Waals surface area contributed by atoms with Crippen LogP contribution >= 0.6 is 0 Å². The topological polar surface area (TPSA) is 93.8 Å². The molecule has 3 aromatic heterocycles. The summed E-state index contributed by atoms with van der Waals surface area (Å²) in [7, 11) is 0. The normalized spacial score (nSPS) is 10.5. The molecule has 3 heterocycles. The maximum absolute atomic E-state index is 12.4. The van der Waals surface area contributed by atoms with Crippen molar-refractivity contribution in [2.24, 2.45) is 0 Å². The van der Waals surface area contributed by atoms with Crippen LogP contribution in [0.15, 0.2) is 77.8 Å². The molecule has 7 heteroatoms. The lowest BCUT2D eigenvalue weighted by Gasteiger charge is -2.09. The third-order valence-corrected chi connectivity index (χ3v) is 3.94. The molecular formula is C20H15N5O2. The van der Waals surface area contributed by atoms with Crippen molar-refractivity contribution in [1.82, 2.24) is 20.1 Å². The molecule has 0 aliphatic heterocycles. The zero-order chi connectivity index (χ0) is 18.5. The minimum atomic E-state index is -0.224. The van der Waals surface area contributed by atoms with E-state index in [1.165, 1.54) is 6.20 Å². The summed E-state index contributed by atoms with van der Waals surface area (Å²) < 4.78 is 5.36. The van der Waals surface area contributed by atoms with Crippen molar-refractivity contribution in [1.29, 1.82) is 0 Å². The van der Waals surface area contributed by atoms with E-state index in [1.54, 1.807) is 30.7 Å². The molecule has 0 unspecified atom stereocenters. The van der Waals surface area contributed by atoms with Crippen molar-refractivity contribution in [2.75, 3.05) is 5.32 Å². The summed E-state index contributed by atoms with van der Waals surface area (Å²) in [5, 5.41) is 6.92. The zero-order valence-corrected chi connectivity index (χ0v) is 14.2. The van der Waals surface area contributed by atoms with E-state index in [0.717, 1.165) is 11.1 Å². The quantitative estimate of drug-likeness (QED) is 0.588. The highest BCUT2D eigenvalue weighted by Crippen LogP contribution is 2.21. The Bertz CT molecular complexity index is 1050. The molecule has 0 aliphatic rings. The van der Waals surface area contributed by atoms with E-state index in [4.69, 9.17) is 4.52 Å². The van der Waals surface area contributed by atoms with E-state index in [0.29, 0.717) is 29.4 Å².